The molecule has 0 bridgehead atoms. The van der Waals surface area contributed by atoms with E-state index in [0.717, 1.165) is 6.54 Å². The highest BCUT2D eigenvalue weighted by molar-refractivity contribution is 5.67. The lowest BCUT2D eigenvalue weighted by Gasteiger charge is -2.27. The van der Waals surface area contributed by atoms with Crippen molar-refractivity contribution in [3.63, 3.8) is 0 Å². The van der Waals surface area contributed by atoms with Crippen LogP contribution in [-0.2, 0) is 0 Å². The van der Waals surface area contributed by atoms with Crippen molar-refractivity contribution in [2.45, 2.75) is 66.3 Å². The molecule has 0 aliphatic carbocycles. The van der Waals surface area contributed by atoms with Gasteiger partial charge in [0, 0.05) is 24.2 Å². The molecule has 0 spiro atoms. The molecule has 0 N–H and O–H groups in total. The van der Waals surface area contributed by atoms with E-state index in [-0.39, 0.29) is 0 Å². The molecule has 0 fully saturated rings. The highest BCUT2D eigenvalue weighted by atomic mass is 15.2. The standard InChI is InChI=1S/C16H26N2/c1-9(2)15-16-14(12(6)13(7)17-15)11(5)8-18(16)10(3)4/h9-11H,8H2,1-7H3/t11-/m1/s1. The third-order valence-corrected chi connectivity index (χ3v) is 4.15. The summed E-state index contributed by atoms with van der Waals surface area (Å²) in [6.07, 6.45) is 0. The quantitative estimate of drug-likeness (QED) is 0.779. The Balaban J connectivity index is 2.70. The molecule has 0 amide bonds. The molecule has 0 unspecified atom stereocenters. The van der Waals surface area contributed by atoms with Crippen molar-refractivity contribution in [2.24, 2.45) is 0 Å². The van der Waals surface area contributed by atoms with Gasteiger partial charge in [-0.25, -0.2) is 0 Å². The van der Waals surface area contributed by atoms with E-state index in [1.54, 1.807) is 5.56 Å². The number of fused-ring (bicyclic) bond motifs is 1. The van der Waals surface area contributed by atoms with Gasteiger partial charge in [-0.05, 0) is 44.7 Å². The number of anilines is 1. The summed E-state index contributed by atoms with van der Waals surface area (Å²) in [5.41, 5.74) is 6.85. The van der Waals surface area contributed by atoms with Gasteiger partial charge < -0.3 is 4.90 Å². The molecule has 2 heterocycles. The van der Waals surface area contributed by atoms with E-state index in [9.17, 15) is 0 Å². The molecule has 0 aromatic carbocycles. The van der Waals surface area contributed by atoms with Crippen LogP contribution >= 0.6 is 0 Å². The number of aryl methyl sites for hydroxylation is 1. The number of aromatic nitrogens is 1. The zero-order valence-corrected chi connectivity index (χ0v) is 12.8. The van der Waals surface area contributed by atoms with E-state index in [2.05, 4.69) is 53.4 Å². The summed E-state index contributed by atoms with van der Waals surface area (Å²) in [6.45, 7) is 16.9. The Morgan fingerprint density at radius 2 is 1.78 bits per heavy atom. The predicted octanol–water partition coefficient (Wildman–Crippen LogP) is 4.15. The largest absolute Gasteiger partial charge is 0.367 e. The molecular formula is C16H26N2. The topological polar surface area (TPSA) is 16.1 Å². The normalized spacial score (nSPS) is 18.9. The van der Waals surface area contributed by atoms with Crippen molar-refractivity contribution >= 4 is 5.69 Å². The lowest BCUT2D eigenvalue weighted by Crippen LogP contribution is -2.30. The summed E-state index contributed by atoms with van der Waals surface area (Å²) in [4.78, 5) is 7.41. The predicted molar refractivity (Wildman–Crippen MR) is 78.7 cm³/mol. The lowest BCUT2D eigenvalue weighted by atomic mass is 9.94. The third kappa shape index (κ3) is 1.92. The summed E-state index contributed by atoms with van der Waals surface area (Å²) in [5, 5.41) is 0. The minimum atomic E-state index is 0.490. The summed E-state index contributed by atoms with van der Waals surface area (Å²) >= 11 is 0. The first kappa shape index (κ1) is 13.4. The molecule has 0 saturated carbocycles. The van der Waals surface area contributed by atoms with Gasteiger partial charge in [0.15, 0.2) is 0 Å². The number of hydrogen-bond donors (Lipinski definition) is 0. The van der Waals surface area contributed by atoms with Gasteiger partial charge in [0.25, 0.3) is 0 Å². The van der Waals surface area contributed by atoms with E-state index >= 15 is 0 Å². The van der Waals surface area contributed by atoms with E-state index in [4.69, 9.17) is 4.98 Å². The van der Waals surface area contributed by atoms with Gasteiger partial charge in [-0.2, -0.15) is 0 Å². The van der Waals surface area contributed by atoms with Gasteiger partial charge in [0.05, 0.1) is 11.4 Å². The van der Waals surface area contributed by atoms with Gasteiger partial charge in [0.1, 0.15) is 0 Å². The lowest BCUT2D eigenvalue weighted by molar-refractivity contribution is 0.664. The summed E-state index contributed by atoms with van der Waals surface area (Å²) in [5.74, 6) is 1.12. The second-order valence-corrected chi connectivity index (χ2v) is 6.27. The van der Waals surface area contributed by atoms with E-state index in [0.29, 0.717) is 17.9 Å². The summed E-state index contributed by atoms with van der Waals surface area (Å²) < 4.78 is 0. The van der Waals surface area contributed by atoms with Gasteiger partial charge in [0.2, 0.25) is 0 Å². The van der Waals surface area contributed by atoms with Crippen molar-refractivity contribution in [2.75, 3.05) is 11.4 Å². The monoisotopic (exact) mass is 246 g/mol. The summed E-state index contributed by atoms with van der Waals surface area (Å²) in [7, 11) is 0. The van der Waals surface area contributed by atoms with Crippen LogP contribution in [0.5, 0.6) is 0 Å². The van der Waals surface area contributed by atoms with Crippen molar-refractivity contribution in [3.8, 4) is 0 Å². The Labute approximate surface area is 111 Å². The molecule has 1 aliphatic rings. The van der Waals surface area contributed by atoms with Crippen molar-refractivity contribution in [1.82, 2.24) is 4.98 Å². The SMILES string of the molecule is Cc1nc(C(C)C)c2c(c1C)[C@H](C)CN2C(C)C. The van der Waals surface area contributed by atoms with Crippen LogP contribution in [0.25, 0.3) is 0 Å². The smallest absolute Gasteiger partial charge is 0.0668 e. The molecule has 1 aliphatic heterocycles. The highest BCUT2D eigenvalue weighted by Gasteiger charge is 2.33. The first-order chi connectivity index (χ1) is 8.34. The van der Waals surface area contributed by atoms with Crippen LogP contribution in [0, 0.1) is 13.8 Å². The number of rotatable bonds is 2. The molecule has 0 radical (unpaired) electrons. The van der Waals surface area contributed by atoms with Crippen LogP contribution in [0.2, 0.25) is 0 Å². The van der Waals surface area contributed by atoms with Crippen LogP contribution in [0.4, 0.5) is 5.69 Å². The van der Waals surface area contributed by atoms with Crippen molar-refractivity contribution < 1.29 is 0 Å². The second kappa shape index (κ2) is 4.56. The Bertz CT molecular complexity index is 461. The van der Waals surface area contributed by atoms with Gasteiger partial charge in [-0.3, -0.25) is 4.98 Å². The van der Waals surface area contributed by atoms with Gasteiger partial charge in [-0.15, -0.1) is 0 Å². The maximum Gasteiger partial charge on any atom is 0.0668 e. The van der Waals surface area contributed by atoms with Crippen LogP contribution < -0.4 is 4.90 Å². The molecule has 2 nitrogen and oxygen atoms in total. The highest BCUT2D eigenvalue weighted by Crippen LogP contribution is 2.43. The molecule has 0 saturated heterocycles. The number of pyridine rings is 1. The van der Waals surface area contributed by atoms with Gasteiger partial charge in [-0.1, -0.05) is 20.8 Å². The van der Waals surface area contributed by atoms with E-state index < -0.39 is 0 Å². The van der Waals surface area contributed by atoms with Crippen LogP contribution in [0.15, 0.2) is 0 Å². The first-order valence-corrected chi connectivity index (χ1v) is 7.12. The first-order valence-electron chi connectivity index (χ1n) is 7.12. The maximum atomic E-state index is 4.87. The average Bonchev–Trinajstić information content (AvgIpc) is 2.61. The zero-order chi connectivity index (χ0) is 13.6. The molecule has 1 atom stereocenters. The Kier molecular flexibility index (Phi) is 3.39. The minimum absolute atomic E-state index is 0.490. The molecular weight excluding hydrogens is 220 g/mol. The fourth-order valence-corrected chi connectivity index (χ4v) is 3.08. The Hall–Kier alpha value is -1.05. The average molecular weight is 246 g/mol. The van der Waals surface area contributed by atoms with E-state index in [1.807, 2.05) is 0 Å². The number of hydrogen-bond acceptors (Lipinski definition) is 2. The zero-order valence-electron chi connectivity index (χ0n) is 12.8. The second-order valence-electron chi connectivity index (χ2n) is 6.27. The maximum absolute atomic E-state index is 4.87. The Morgan fingerprint density at radius 3 is 2.28 bits per heavy atom. The van der Waals surface area contributed by atoms with Gasteiger partial charge >= 0.3 is 0 Å². The molecule has 2 heteroatoms. The fraction of sp³-hybridized carbons (Fsp3) is 0.688. The van der Waals surface area contributed by atoms with E-state index in [1.165, 1.54) is 22.6 Å². The molecule has 2 rings (SSSR count). The molecule has 1 aromatic heterocycles. The molecule has 100 valence electrons. The van der Waals surface area contributed by atoms with Crippen molar-refractivity contribution in [1.29, 1.82) is 0 Å². The molecule has 18 heavy (non-hydrogen) atoms. The summed E-state index contributed by atoms with van der Waals surface area (Å²) in [6, 6.07) is 0.551. The van der Waals surface area contributed by atoms with Crippen LogP contribution in [0.1, 0.15) is 69.0 Å². The Morgan fingerprint density at radius 1 is 1.17 bits per heavy atom. The number of nitrogens with zero attached hydrogens (tertiary/aromatic N) is 2. The van der Waals surface area contributed by atoms with Crippen molar-refractivity contribution in [3.05, 3.63) is 22.5 Å². The van der Waals surface area contributed by atoms with Crippen LogP contribution in [-0.4, -0.2) is 17.6 Å². The fourth-order valence-electron chi connectivity index (χ4n) is 3.08. The minimum Gasteiger partial charge on any atom is -0.367 e. The van der Waals surface area contributed by atoms with Crippen LogP contribution in [0.3, 0.4) is 0 Å². The molecule has 1 aromatic rings. The third-order valence-electron chi connectivity index (χ3n) is 4.15.